The molecule has 1 unspecified atom stereocenters. The number of aliphatic hydroxyl groups excluding tert-OH is 1. The molecule has 1 atom stereocenters. The maximum absolute atomic E-state index is 9.57. The summed E-state index contributed by atoms with van der Waals surface area (Å²) in [6.07, 6.45) is 4.17. The first-order valence-electron chi connectivity index (χ1n) is 5.38. The van der Waals surface area contributed by atoms with Crippen LogP contribution in [0.25, 0.3) is 0 Å². The summed E-state index contributed by atoms with van der Waals surface area (Å²) >= 11 is 0. The van der Waals surface area contributed by atoms with Gasteiger partial charge in [-0.2, -0.15) is 0 Å². The van der Waals surface area contributed by atoms with Gasteiger partial charge < -0.3 is 10.8 Å². The maximum Gasteiger partial charge on any atom is 0.119 e. The number of hydrogen-bond donors (Lipinski definition) is 2. The van der Waals surface area contributed by atoms with E-state index in [1.165, 1.54) is 12.8 Å². The lowest BCUT2D eigenvalue weighted by atomic mass is 10.2. The monoisotopic (exact) mass is 188 g/mol. The van der Waals surface area contributed by atoms with Crippen molar-refractivity contribution >= 4 is 0 Å². The van der Waals surface area contributed by atoms with Crippen LogP contribution < -0.4 is 5.73 Å². The topological polar surface area (TPSA) is 49.5 Å². The Morgan fingerprint density at radius 1 is 1.15 bits per heavy atom. The molecule has 0 amide bonds. The van der Waals surface area contributed by atoms with Crippen molar-refractivity contribution in [3.05, 3.63) is 0 Å². The van der Waals surface area contributed by atoms with Gasteiger partial charge >= 0.3 is 0 Å². The van der Waals surface area contributed by atoms with E-state index in [0.29, 0.717) is 6.54 Å². The third-order valence-electron chi connectivity index (χ3n) is 2.23. The van der Waals surface area contributed by atoms with Gasteiger partial charge in [0.25, 0.3) is 0 Å². The van der Waals surface area contributed by atoms with Gasteiger partial charge in [0.15, 0.2) is 0 Å². The number of unbranched alkanes of at least 4 members (excludes halogenated alkanes) is 2. The molecule has 0 bridgehead atoms. The zero-order chi connectivity index (χ0) is 10.1. The minimum absolute atomic E-state index is 0.341. The van der Waals surface area contributed by atoms with Crippen molar-refractivity contribution < 1.29 is 5.11 Å². The average molecular weight is 188 g/mol. The number of nitrogens with zero attached hydrogens (tertiary/aromatic N) is 1. The second-order valence-corrected chi connectivity index (χ2v) is 3.46. The van der Waals surface area contributed by atoms with Crippen molar-refractivity contribution in [1.82, 2.24) is 4.90 Å². The minimum Gasteiger partial charge on any atom is -0.377 e. The van der Waals surface area contributed by atoms with Gasteiger partial charge in [-0.05, 0) is 12.8 Å². The van der Waals surface area contributed by atoms with Crippen LogP contribution in [0.1, 0.15) is 39.5 Å². The van der Waals surface area contributed by atoms with Crippen LogP contribution >= 0.6 is 0 Å². The normalized spacial score (nSPS) is 13.6. The number of nitrogens with two attached hydrogens (primary N) is 1. The molecule has 3 heteroatoms. The third kappa shape index (κ3) is 6.02. The van der Waals surface area contributed by atoms with Gasteiger partial charge in [-0.25, -0.2) is 0 Å². The summed E-state index contributed by atoms with van der Waals surface area (Å²) in [4.78, 5) is 2.08. The smallest absolute Gasteiger partial charge is 0.119 e. The molecule has 0 fully saturated rings. The van der Waals surface area contributed by atoms with Gasteiger partial charge in [0.2, 0.25) is 0 Å². The Kier molecular flexibility index (Phi) is 8.40. The van der Waals surface area contributed by atoms with Gasteiger partial charge in [-0.3, -0.25) is 4.90 Å². The third-order valence-corrected chi connectivity index (χ3v) is 2.23. The molecule has 0 aliphatic carbocycles. The first-order chi connectivity index (χ1) is 6.26. The van der Waals surface area contributed by atoms with Crippen molar-refractivity contribution in [2.75, 3.05) is 19.6 Å². The quantitative estimate of drug-likeness (QED) is 0.562. The highest BCUT2D eigenvalue weighted by Crippen LogP contribution is 2.02. The van der Waals surface area contributed by atoms with E-state index in [4.69, 9.17) is 5.73 Å². The van der Waals surface area contributed by atoms with E-state index in [9.17, 15) is 5.11 Å². The number of aliphatic hydroxyl groups is 1. The lowest BCUT2D eigenvalue weighted by Gasteiger charge is -2.26. The van der Waals surface area contributed by atoms with Crippen molar-refractivity contribution in [1.29, 1.82) is 0 Å². The largest absolute Gasteiger partial charge is 0.377 e. The van der Waals surface area contributed by atoms with Crippen LogP contribution in [0, 0.1) is 0 Å². The van der Waals surface area contributed by atoms with Gasteiger partial charge in [0.1, 0.15) is 6.23 Å². The fourth-order valence-corrected chi connectivity index (χ4v) is 1.28. The highest BCUT2D eigenvalue weighted by molar-refractivity contribution is 4.62. The molecule has 3 N–H and O–H groups in total. The van der Waals surface area contributed by atoms with E-state index in [1.54, 1.807) is 0 Å². The molecule has 0 aliphatic rings. The summed E-state index contributed by atoms with van der Waals surface area (Å²) in [5, 5.41) is 9.57. The summed E-state index contributed by atoms with van der Waals surface area (Å²) in [6.45, 7) is 6.59. The summed E-state index contributed by atoms with van der Waals surface area (Å²) in [5.74, 6) is 0. The zero-order valence-corrected chi connectivity index (χ0v) is 9.00. The molecule has 0 saturated carbocycles. The first-order valence-corrected chi connectivity index (χ1v) is 5.38. The molecule has 0 aliphatic heterocycles. The Labute approximate surface area is 81.9 Å². The molecule has 0 aromatic carbocycles. The summed E-state index contributed by atoms with van der Waals surface area (Å²) < 4.78 is 0. The predicted molar refractivity (Wildman–Crippen MR) is 56.5 cm³/mol. The SMILES string of the molecule is CCCCN(CCCC)C(O)CN. The van der Waals surface area contributed by atoms with E-state index in [0.717, 1.165) is 25.9 Å². The van der Waals surface area contributed by atoms with E-state index in [2.05, 4.69) is 18.7 Å². The van der Waals surface area contributed by atoms with E-state index in [1.807, 2.05) is 0 Å². The molecule has 13 heavy (non-hydrogen) atoms. The van der Waals surface area contributed by atoms with Crippen LogP contribution in [0.5, 0.6) is 0 Å². The van der Waals surface area contributed by atoms with Crippen LogP contribution in [0.15, 0.2) is 0 Å². The Hall–Kier alpha value is -0.120. The maximum atomic E-state index is 9.57. The standard InChI is InChI=1S/C10H24N2O/c1-3-5-7-12(8-6-4-2)10(13)9-11/h10,13H,3-9,11H2,1-2H3. The van der Waals surface area contributed by atoms with Crippen LogP contribution in [0.3, 0.4) is 0 Å². The van der Waals surface area contributed by atoms with Gasteiger partial charge in [-0.1, -0.05) is 26.7 Å². The van der Waals surface area contributed by atoms with Crippen molar-refractivity contribution in [3.63, 3.8) is 0 Å². The van der Waals surface area contributed by atoms with Crippen molar-refractivity contribution in [2.45, 2.75) is 45.8 Å². The second kappa shape index (κ2) is 8.48. The fraction of sp³-hybridized carbons (Fsp3) is 1.00. The van der Waals surface area contributed by atoms with Crippen molar-refractivity contribution in [2.24, 2.45) is 5.73 Å². The van der Waals surface area contributed by atoms with Crippen LogP contribution in [-0.4, -0.2) is 35.9 Å². The highest BCUT2D eigenvalue weighted by atomic mass is 16.3. The van der Waals surface area contributed by atoms with Crippen LogP contribution in [0.4, 0.5) is 0 Å². The summed E-state index contributed by atoms with van der Waals surface area (Å²) in [6, 6.07) is 0. The molecular weight excluding hydrogens is 164 g/mol. The highest BCUT2D eigenvalue weighted by Gasteiger charge is 2.11. The van der Waals surface area contributed by atoms with Crippen LogP contribution in [-0.2, 0) is 0 Å². The molecule has 0 aromatic heterocycles. The Morgan fingerprint density at radius 3 is 1.92 bits per heavy atom. The fourth-order valence-electron chi connectivity index (χ4n) is 1.28. The Balaban J connectivity index is 3.72. The van der Waals surface area contributed by atoms with E-state index < -0.39 is 6.23 Å². The molecule has 0 heterocycles. The number of hydrogen-bond acceptors (Lipinski definition) is 3. The lowest BCUT2D eigenvalue weighted by Crippen LogP contribution is -2.41. The average Bonchev–Trinajstić information content (AvgIpc) is 2.17. The molecule has 0 radical (unpaired) electrons. The van der Waals surface area contributed by atoms with Gasteiger partial charge in [-0.15, -0.1) is 0 Å². The van der Waals surface area contributed by atoms with Gasteiger partial charge in [0.05, 0.1) is 0 Å². The van der Waals surface area contributed by atoms with Crippen LogP contribution in [0.2, 0.25) is 0 Å². The minimum atomic E-state index is -0.446. The molecule has 0 saturated heterocycles. The zero-order valence-electron chi connectivity index (χ0n) is 9.00. The van der Waals surface area contributed by atoms with E-state index in [-0.39, 0.29) is 0 Å². The predicted octanol–water partition coefficient (Wildman–Crippen LogP) is 1.17. The molecule has 80 valence electrons. The number of rotatable bonds is 8. The lowest BCUT2D eigenvalue weighted by molar-refractivity contribution is 0.00924. The molecule has 3 nitrogen and oxygen atoms in total. The molecule has 0 aromatic rings. The Bertz CT molecular complexity index is 101. The van der Waals surface area contributed by atoms with Gasteiger partial charge in [0, 0.05) is 19.6 Å². The Morgan fingerprint density at radius 2 is 1.62 bits per heavy atom. The van der Waals surface area contributed by atoms with E-state index >= 15 is 0 Å². The first kappa shape index (κ1) is 12.9. The van der Waals surface area contributed by atoms with Crippen molar-refractivity contribution in [3.8, 4) is 0 Å². The molecule has 0 rings (SSSR count). The molecular formula is C10H24N2O. The summed E-state index contributed by atoms with van der Waals surface area (Å²) in [7, 11) is 0. The second-order valence-electron chi connectivity index (χ2n) is 3.46. The molecule has 0 spiro atoms. The summed E-state index contributed by atoms with van der Waals surface area (Å²) in [5.41, 5.74) is 5.42.